The average Bonchev–Trinajstić information content (AvgIpc) is 2.51. The predicted molar refractivity (Wildman–Crippen MR) is 94.8 cm³/mol. The lowest BCUT2D eigenvalue weighted by Gasteiger charge is -2.04. The summed E-state index contributed by atoms with van der Waals surface area (Å²) in [5.74, 6) is -0.0517. The van der Waals surface area contributed by atoms with Crippen LogP contribution in [-0.2, 0) is 0 Å². The monoisotopic (exact) mass is 394 g/mol. The molecule has 0 spiro atoms. The standard InChI is InChI=1S/C16H9BrCl2N2O/c17-12-3-4-14(15-11(12)2-1-5-20-15)21-8-9-6-10(18)7-13(19)16(9)22/h1-8,22H. The van der Waals surface area contributed by atoms with Gasteiger partial charge in [-0.25, -0.2) is 0 Å². The number of phenols is 1. The molecule has 3 aromatic rings. The molecule has 1 N–H and O–H groups in total. The van der Waals surface area contributed by atoms with Crippen molar-refractivity contribution in [1.82, 2.24) is 4.98 Å². The van der Waals surface area contributed by atoms with Crippen molar-refractivity contribution in [2.45, 2.75) is 0 Å². The highest BCUT2D eigenvalue weighted by molar-refractivity contribution is 9.10. The van der Waals surface area contributed by atoms with E-state index in [0.717, 1.165) is 15.4 Å². The van der Waals surface area contributed by atoms with E-state index < -0.39 is 0 Å². The van der Waals surface area contributed by atoms with Crippen molar-refractivity contribution in [3.05, 3.63) is 62.7 Å². The molecule has 0 saturated carbocycles. The smallest absolute Gasteiger partial charge is 0.143 e. The summed E-state index contributed by atoms with van der Waals surface area (Å²) in [6.07, 6.45) is 3.23. The van der Waals surface area contributed by atoms with Gasteiger partial charge in [0.15, 0.2) is 0 Å². The van der Waals surface area contributed by atoms with Crippen LogP contribution in [0.5, 0.6) is 5.75 Å². The Balaban J connectivity index is 2.09. The van der Waals surface area contributed by atoms with Gasteiger partial charge in [-0.15, -0.1) is 0 Å². The molecule has 3 rings (SSSR count). The molecule has 0 aliphatic carbocycles. The van der Waals surface area contributed by atoms with Gasteiger partial charge in [0, 0.05) is 32.9 Å². The number of aromatic nitrogens is 1. The summed E-state index contributed by atoms with van der Waals surface area (Å²) >= 11 is 15.3. The van der Waals surface area contributed by atoms with E-state index in [1.165, 1.54) is 12.3 Å². The summed E-state index contributed by atoms with van der Waals surface area (Å²) in [5, 5.41) is 11.5. The maximum absolute atomic E-state index is 9.95. The number of pyridine rings is 1. The highest BCUT2D eigenvalue weighted by Gasteiger charge is 2.07. The van der Waals surface area contributed by atoms with Crippen LogP contribution in [-0.4, -0.2) is 16.3 Å². The van der Waals surface area contributed by atoms with Gasteiger partial charge >= 0.3 is 0 Å². The number of fused-ring (bicyclic) bond motifs is 1. The molecule has 0 aliphatic rings. The number of rotatable bonds is 2. The van der Waals surface area contributed by atoms with Gasteiger partial charge < -0.3 is 5.11 Å². The summed E-state index contributed by atoms with van der Waals surface area (Å²) in [7, 11) is 0. The third-order valence-corrected chi connectivity index (χ3v) is 4.29. The molecule has 3 nitrogen and oxygen atoms in total. The van der Waals surface area contributed by atoms with Gasteiger partial charge in [-0.1, -0.05) is 45.2 Å². The largest absolute Gasteiger partial charge is 0.506 e. The first-order chi connectivity index (χ1) is 10.6. The molecule has 0 amide bonds. The van der Waals surface area contributed by atoms with Gasteiger partial charge in [0.2, 0.25) is 0 Å². The van der Waals surface area contributed by atoms with E-state index in [2.05, 4.69) is 25.9 Å². The third-order valence-electron chi connectivity index (χ3n) is 3.10. The fourth-order valence-corrected chi connectivity index (χ4v) is 3.01. The van der Waals surface area contributed by atoms with Crippen LogP contribution in [0.1, 0.15) is 5.56 Å². The Labute approximate surface area is 145 Å². The number of aromatic hydroxyl groups is 1. The first kappa shape index (κ1) is 15.3. The third kappa shape index (κ3) is 2.95. The molecule has 0 saturated heterocycles. The summed E-state index contributed by atoms with van der Waals surface area (Å²) in [6, 6.07) is 10.6. The molecule has 0 radical (unpaired) electrons. The minimum absolute atomic E-state index is 0.0517. The Kier molecular flexibility index (Phi) is 4.34. The Bertz CT molecular complexity index is 897. The zero-order chi connectivity index (χ0) is 15.7. The fraction of sp³-hybridized carbons (Fsp3) is 0. The van der Waals surface area contributed by atoms with Crippen molar-refractivity contribution in [2.24, 2.45) is 4.99 Å². The van der Waals surface area contributed by atoms with Crippen molar-refractivity contribution in [2.75, 3.05) is 0 Å². The van der Waals surface area contributed by atoms with Gasteiger partial charge in [-0.05, 0) is 30.3 Å². The maximum Gasteiger partial charge on any atom is 0.143 e. The zero-order valence-corrected chi connectivity index (χ0v) is 14.2. The molecule has 110 valence electrons. The van der Waals surface area contributed by atoms with Crippen LogP contribution in [0.15, 0.2) is 52.1 Å². The van der Waals surface area contributed by atoms with Crippen LogP contribution in [0.3, 0.4) is 0 Å². The van der Waals surface area contributed by atoms with Gasteiger partial charge in [0.1, 0.15) is 5.75 Å². The highest BCUT2D eigenvalue weighted by Crippen LogP contribution is 2.32. The number of halogens is 3. The lowest BCUT2D eigenvalue weighted by Crippen LogP contribution is -1.85. The minimum Gasteiger partial charge on any atom is -0.506 e. The summed E-state index contributed by atoms with van der Waals surface area (Å²) in [4.78, 5) is 8.76. The van der Waals surface area contributed by atoms with Gasteiger partial charge in [-0.3, -0.25) is 9.98 Å². The first-order valence-electron chi connectivity index (χ1n) is 6.31. The molecule has 6 heteroatoms. The van der Waals surface area contributed by atoms with Crippen molar-refractivity contribution >= 4 is 61.9 Å². The molecule has 1 heterocycles. The molecule has 0 atom stereocenters. The predicted octanol–water partition coefficient (Wildman–Crippen LogP) is 5.76. The molecular formula is C16H9BrCl2N2O. The zero-order valence-electron chi connectivity index (χ0n) is 11.1. The summed E-state index contributed by atoms with van der Waals surface area (Å²) < 4.78 is 0.947. The second-order valence-corrected chi connectivity index (χ2v) is 6.25. The molecule has 0 fully saturated rings. The minimum atomic E-state index is -0.0517. The van der Waals surface area contributed by atoms with Crippen LogP contribution in [0.25, 0.3) is 10.9 Å². The topological polar surface area (TPSA) is 45.5 Å². The van der Waals surface area contributed by atoms with Gasteiger partial charge in [0.25, 0.3) is 0 Å². The highest BCUT2D eigenvalue weighted by atomic mass is 79.9. The molecule has 0 unspecified atom stereocenters. The van der Waals surface area contributed by atoms with Crippen molar-refractivity contribution in [1.29, 1.82) is 0 Å². The number of phenolic OH excluding ortho intramolecular Hbond substituents is 1. The van der Waals surface area contributed by atoms with E-state index in [1.54, 1.807) is 12.3 Å². The fourth-order valence-electron chi connectivity index (χ4n) is 2.05. The quantitative estimate of drug-likeness (QED) is 0.560. The van der Waals surface area contributed by atoms with E-state index >= 15 is 0 Å². The molecule has 1 aromatic heterocycles. The van der Waals surface area contributed by atoms with Crippen molar-refractivity contribution in [3.63, 3.8) is 0 Å². The average molecular weight is 396 g/mol. The normalized spacial score (nSPS) is 11.4. The Morgan fingerprint density at radius 1 is 1.18 bits per heavy atom. The van der Waals surface area contributed by atoms with Crippen LogP contribution in [0.4, 0.5) is 5.69 Å². The second-order valence-electron chi connectivity index (χ2n) is 4.55. The van der Waals surface area contributed by atoms with Crippen LogP contribution in [0, 0.1) is 0 Å². The maximum atomic E-state index is 9.95. The molecule has 2 aromatic carbocycles. The summed E-state index contributed by atoms with van der Waals surface area (Å²) in [5.41, 5.74) is 1.90. The van der Waals surface area contributed by atoms with E-state index in [9.17, 15) is 5.11 Å². The van der Waals surface area contributed by atoms with Crippen LogP contribution < -0.4 is 0 Å². The van der Waals surface area contributed by atoms with Crippen molar-refractivity contribution < 1.29 is 5.11 Å². The lowest BCUT2D eigenvalue weighted by molar-refractivity contribution is 0.475. The Morgan fingerprint density at radius 2 is 2.00 bits per heavy atom. The molecular weight excluding hydrogens is 387 g/mol. The number of benzene rings is 2. The first-order valence-corrected chi connectivity index (χ1v) is 7.86. The van der Waals surface area contributed by atoms with E-state index in [4.69, 9.17) is 23.2 Å². The number of hydrogen-bond donors (Lipinski definition) is 1. The lowest BCUT2D eigenvalue weighted by atomic mass is 10.2. The second kappa shape index (κ2) is 6.24. The van der Waals surface area contributed by atoms with Gasteiger partial charge in [-0.2, -0.15) is 0 Å². The molecule has 0 bridgehead atoms. The SMILES string of the molecule is Oc1c(Cl)cc(Cl)cc1C=Nc1ccc(Br)c2cccnc12. The Morgan fingerprint density at radius 3 is 2.82 bits per heavy atom. The van der Waals surface area contributed by atoms with Crippen molar-refractivity contribution in [3.8, 4) is 5.75 Å². The molecule has 22 heavy (non-hydrogen) atoms. The van der Waals surface area contributed by atoms with E-state index in [0.29, 0.717) is 16.3 Å². The van der Waals surface area contributed by atoms with Gasteiger partial charge in [0.05, 0.1) is 16.2 Å². The van der Waals surface area contributed by atoms with E-state index in [-0.39, 0.29) is 10.8 Å². The van der Waals surface area contributed by atoms with E-state index in [1.807, 2.05) is 24.3 Å². The number of hydrogen-bond acceptors (Lipinski definition) is 3. The molecule has 0 aliphatic heterocycles. The van der Waals surface area contributed by atoms with Crippen LogP contribution in [0.2, 0.25) is 10.0 Å². The number of aliphatic imine (C=N–C) groups is 1. The Hall–Kier alpha value is -1.62. The summed E-state index contributed by atoms with van der Waals surface area (Å²) in [6.45, 7) is 0. The van der Waals surface area contributed by atoms with Crippen LogP contribution >= 0.6 is 39.1 Å². The number of nitrogens with zero attached hydrogens (tertiary/aromatic N) is 2.